The number of aliphatic imine (C=N–C) groups is 1. The van der Waals surface area contributed by atoms with Crippen molar-refractivity contribution in [1.29, 1.82) is 0 Å². The van der Waals surface area contributed by atoms with Crippen LogP contribution >= 0.6 is 0 Å². The molecule has 7 nitrogen and oxygen atoms in total. The summed E-state index contributed by atoms with van der Waals surface area (Å²) in [7, 11) is 1.67. The van der Waals surface area contributed by atoms with Crippen molar-refractivity contribution in [2.24, 2.45) is 4.99 Å². The maximum atomic E-state index is 5.88. The number of nitrogens with one attached hydrogen (secondary N) is 2. The third kappa shape index (κ3) is 9.33. The van der Waals surface area contributed by atoms with Gasteiger partial charge in [0.15, 0.2) is 5.96 Å². The van der Waals surface area contributed by atoms with E-state index in [9.17, 15) is 0 Å². The highest BCUT2D eigenvalue weighted by atomic mass is 16.5. The lowest BCUT2D eigenvalue weighted by atomic mass is 10.1. The number of rotatable bonds is 14. The molecule has 166 valence electrons. The first-order valence-electron chi connectivity index (χ1n) is 10.6. The molecule has 0 saturated carbocycles. The Hall–Kier alpha value is -2.51. The van der Waals surface area contributed by atoms with Crippen LogP contribution < -0.4 is 15.4 Å². The van der Waals surface area contributed by atoms with Gasteiger partial charge in [-0.25, -0.2) is 4.99 Å². The van der Waals surface area contributed by atoms with E-state index in [-0.39, 0.29) is 0 Å². The molecule has 0 saturated heterocycles. The van der Waals surface area contributed by atoms with E-state index in [0.717, 1.165) is 67.7 Å². The summed E-state index contributed by atoms with van der Waals surface area (Å²) in [5, 5.41) is 6.76. The molecule has 0 fully saturated rings. The van der Waals surface area contributed by atoms with Crippen molar-refractivity contribution in [2.45, 2.75) is 33.2 Å². The van der Waals surface area contributed by atoms with Gasteiger partial charge in [0.05, 0.1) is 19.4 Å². The summed E-state index contributed by atoms with van der Waals surface area (Å²) in [5.74, 6) is 2.56. The van der Waals surface area contributed by atoms with Crippen LogP contribution in [0.4, 0.5) is 0 Å². The van der Waals surface area contributed by atoms with Gasteiger partial charge in [0.25, 0.3) is 0 Å². The van der Waals surface area contributed by atoms with Gasteiger partial charge in [-0.15, -0.1) is 0 Å². The zero-order valence-corrected chi connectivity index (χ0v) is 18.4. The summed E-state index contributed by atoms with van der Waals surface area (Å²) < 4.78 is 21.8. The van der Waals surface area contributed by atoms with Crippen molar-refractivity contribution >= 4 is 5.96 Å². The molecule has 0 aliphatic rings. The zero-order chi connectivity index (χ0) is 21.4. The Bertz CT molecular complexity index is 732. The number of furan rings is 1. The van der Waals surface area contributed by atoms with Gasteiger partial charge in [-0.1, -0.05) is 12.1 Å². The third-order valence-electron chi connectivity index (χ3n) is 4.38. The van der Waals surface area contributed by atoms with E-state index in [0.29, 0.717) is 19.8 Å². The van der Waals surface area contributed by atoms with Crippen LogP contribution in [-0.4, -0.2) is 52.6 Å². The summed E-state index contributed by atoms with van der Waals surface area (Å²) in [4.78, 5) is 4.76. The minimum atomic E-state index is 0.514. The highest BCUT2D eigenvalue weighted by Crippen LogP contribution is 2.21. The highest BCUT2D eigenvalue weighted by Gasteiger charge is 2.06. The van der Waals surface area contributed by atoms with Crippen molar-refractivity contribution in [2.75, 3.05) is 46.6 Å². The van der Waals surface area contributed by atoms with E-state index >= 15 is 0 Å². The molecule has 0 bridgehead atoms. The van der Waals surface area contributed by atoms with Crippen LogP contribution in [0.25, 0.3) is 0 Å². The van der Waals surface area contributed by atoms with Crippen LogP contribution in [0.2, 0.25) is 0 Å². The van der Waals surface area contributed by atoms with Gasteiger partial charge in [-0.2, -0.15) is 0 Å². The average molecular weight is 418 g/mol. The Morgan fingerprint density at radius 1 is 1.10 bits per heavy atom. The van der Waals surface area contributed by atoms with Crippen molar-refractivity contribution in [3.8, 4) is 5.75 Å². The molecule has 30 heavy (non-hydrogen) atoms. The molecule has 1 heterocycles. The lowest BCUT2D eigenvalue weighted by molar-refractivity contribution is 0.145. The molecule has 0 spiro atoms. The minimum absolute atomic E-state index is 0.514. The van der Waals surface area contributed by atoms with Gasteiger partial charge >= 0.3 is 0 Å². The molecule has 0 radical (unpaired) electrons. The second-order valence-electron chi connectivity index (χ2n) is 6.85. The minimum Gasteiger partial charge on any atom is -0.491 e. The number of methoxy groups -OCH3 is 1. The molecular weight excluding hydrogens is 382 g/mol. The zero-order valence-electron chi connectivity index (χ0n) is 18.4. The van der Waals surface area contributed by atoms with Gasteiger partial charge in [0.1, 0.15) is 18.1 Å². The maximum absolute atomic E-state index is 5.88. The van der Waals surface area contributed by atoms with E-state index in [4.69, 9.17) is 23.6 Å². The van der Waals surface area contributed by atoms with Crippen LogP contribution in [0, 0.1) is 6.92 Å². The van der Waals surface area contributed by atoms with E-state index in [1.54, 1.807) is 13.4 Å². The summed E-state index contributed by atoms with van der Waals surface area (Å²) in [5.41, 5.74) is 2.19. The second kappa shape index (κ2) is 14.5. The van der Waals surface area contributed by atoms with Crippen molar-refractivity contribution in [3.05, 3.63) is 53.5 Å². The smallest absolute Gasteiger partial charge is 0.191 e. The van der Waals surface area contributed by atoms with Gasteiger partial charge in [-0.05, 0) is 44.0 Å². The number of guanidine groups is 1. The Kier molecular flexibility index (Phi) is 11.5. The number of nitrogens with zero attached hydrogens (tertiary/aromatic N) is 1. The third-order valence-corrected chi connectivity index (χ3v) is 4.38. The Morgan fingerprint density at radius 2 is 1.97 bits per heavy atom. The highest BCUT2D eigenvalue weighted by molar-refractivity contribution is 5.79. The Balaban J connectivity index is 1.96. The van der Waals surface area contributed by atoms with Crippen LogP contribution in [0.15, 0.2) is 46.0 Å². The topological polar surface area (TPSA) is 77.2 Å². The monoisotopic (exact) mass is 417 g/mol. The van der Waals surface area contributed by atoms with Crippen molar-refractivity contribution in [1.82, 2.24) is 10.6 Å². The molecule has 7 heteroatoms. The largest absolute Gasteiger partial charge is 0.491 e. The normalized spacial score (nSPS) is 11.5. The molecule has 2 aromatic rings. The van der Waals surface area contributed by atoms with Crippen LogP contribution in [0.5, 0.6) is 5.75 Å². The summed E-state index contributed by atoms with van der Waals surface area (Å²) in [6.07, 6.45) is 3.41. The quantitative estimate of drug-likeness (QED) is 0.279. The van der Waals surface area contributed by atoms with E-state index < -0.39 is 0 Å². The molecule has 0 aliphatic carbocycles. The van der Waals surface area contributed by atoms with Crippen LogP contribution in [-0.2, 0) is 22.4 Å². The lowest BCUT2D eigenvalue weighted by Crippen LogP contribution is -2.39. The predicted molar refractivity (Wildman–Crippen MR) is 119 cm³/mol. The van der Waals surface area contributed by atoms with E-state index in [1.165, 1.54) is 0 Å². The van der Waals surface area contributed by atoms with Gasteiger partial charge in [0.2, 0.25) is 0 Å². The predicted octanol–water partition coefficient (Wildman–Crippen LogP) is 3.32. The molecular formula is C23H35N3O4. The van der Waals surface area contributed by atoms with Gasteiger partial charge in [-0.3, -0.25) is 0 Å². The molecule has 2 rings (SSSR count). The number of hydrogen-bond donors (Lipinski definition) is 2. The first-order chi connectivity index (χ1) is 14.7. The number of aryl methyl sites for hydroxylation is 1. The van der Waals surface area contributed by atoms with Crippen LogP contribution in [0.1, 0.15) is 30.2 Å². The first kappa shape index (κ1) is 23.8. The fourth-order valence-electron chi connectivity index (χ4n) is 2.78. The molecule has 0 atom stereocenters. The number of benzene rings is 1. The molecule has 1 aromatic carbocycles. The van der Waals surface area contributed by atoms with Crippen LogP contribution in [0.3, 0.4) is 0 Å². The first-order valence-corrected chi connectivity index (χ1v) is 10.6. The summed E-state index contributed by atoms with van der Waals surface area (Å²) in [6.45, 7) is 8.64. The van der Waals surface area contributed by atoms with Gasteiger partial charge < -0.3 is 29.3 Å². The summed E-state index contributed by atoms with van der Waals surface area (Å²) in [6, 6.07) is 10.1. The molecule has 0 aliphatic heterocycles. The maximum Gasteiger partial charge on any atom is 0.191 e. The number of hydrogen-bond acceptors (Lipinski definition) is 5. The standard InChI is InChI=1S/C23H35N3O4/c1-4-28-13-6-11-24-23(25-12-10-21-7-5-14-29-21)26-18-20-9-8-19(2)17-22(20)30-16-15-27-3/h5,7-9,14,17H,4,6,10-13,15-16,18H2,1-3H3,(H2,24,25,26). The van der Waals surface area contributed by atoms with Gasteiger partial charge in [0, 0.05) is 45.4 Å². The number of ether oxygens (including phenoxy) is 3. The average Bonchev–Trinajstić information content (AvgIpc) is 3.26. The SMILES string of the molecule is CCOCCCNC(=NCc1ccc(C)cc1OCCOC)NCCc1ccco1. The van der Waals surface area contributed by atoms with Crippen molar-refractivity contribution < 1.29 is 18.6 Å². The molecule has 0 amide bonds. The fraction of sp³-hybridized carbons (Fsp3) is 0.522. The molecule has 2 N–H and O–H groups in total. The van der Waals surface area contributed by atoms with E-state index in [1.807, 2.05) is 25.1 Å². The molecule has 0 unspecified atom stereocenters. The van der Waals surface area contributed by atoms with Crippen molar-refractivity contribution in [3.63, 3.8) is 0 Å². The second-order valence-corrected chi connectivity index (χ2v) is 6.85. The van der Waals surface area contributed by atoms with E-state index in [2.05, 4.69) is 29.7 Å². The summed E-state index contributed by atoms with van der Waals surface area (Å²) >= 11 is 0. The Labute approximate surface area is 179 Å². The Morgan fingerprint density at radius 3 is 2.73 bits per heavy atom. The molecule has 1 aromatic heterocycles. The lowest BCUT2D eigenvalue weighted by Gasteiger charge is -2.14. The fourth-order valence-corrected chi connectivity index (χ4v) is 2.78.